The third-order valence-electron chi connectivity index (χ3n) is 3.31. The smallest absolute Gasteiger partial charge is 0.308 e. The van der Waals surface area contributed by atoms with Gasteiger partial charge in [-0.25, -0.2) is 4.98 Å². The largest absolute Gasteiger partial charge is 0.505 e. The highest BCUT2D eigenvalue weighted by atomic mass is 16.5. The lowest BCUT2D eigenvalue weighted by atomic mass is 9.97. The summed E-state index contributed by atoms with van der Waals surface area (Å²) in [6, 6.07) is 3.00. The number of carbonyl (C=O) groups excluding carboxylic acids is 2. The van der Waals surface area contributed by atoms with E-state index in [0.29, 0.717) is 25.9 Å². The van der Waals surface area contributed by atoms with Crippen LogP contribution in [0.15, 0.2) is 18.3 Å². The number of aromatic nitrogens is 1. The van der Waals surface area contributed by atoms with Crippen molar-refractivity contribution in [1.29, 1.82) is 0 Å². The maximum atomic E-state index is 12.2. The summed E-state index contributed by atoms with van der Waals surface area (Å²) in [6.07, 6.45) is 2.62. The maximum absolute atomic E-state index is 12.2. The van der Waals surface area contributed by atoms with Crippen LogP contribution in [0.25, 0.3) is 0 Å². The Kier molecular flexibility index (Phi) is 3.99. The van der Waals surface area contributed by atoms with Crippen molar-refractivity contribution in [2.45, 2.75) is 12.8 Å². The fourth-order valence-electron chi connectivity index (χ4n) is 2.20. The summed E-state index contributed by atoms with van der Waals surface area (Å²) in [6.45, 7) is 0.934. The molecule has 6 heteroatoms. The number of pyridine rings is 1. The Hall–Kier alpha value is -2.11. The molecule has 1 aliphatic heterocycles. The Morgan fingerprint density at radius 2 is 2.11 bits per heavy atom. The summed E-state index contributed by atoms with van der Waals surface area (Å²) in [5.41, 5.74) is 0.0546. The van der Waals surface area contributed by atoms with Crippen LogP contribution in [-0.2, 0) is 9.53 Å². The highest BCUT2D eigenvalue weighted by Gasteiger charge is 2.29. The van der Waals surface area contributed by atoms with Crippen LogP contribution in [0, 0.1) is 5.92 Å². The Bertz CT molecular complexity index is 481. The van der Waals surface area contributed by atoms with Crippen molar-refractivity contribution >= 4 is 11.9 Å². The predicted molar refractivity (Wildman–Crippen MR) is 66.5 cm³/mol. The summed E-state index contributed by atoms with van der Waals surface area (Å²) in [5, 5.41) is 9.61. The number of likely N-dealkylation sites (tertiary alicyclic amines) is 1. The van der Waals surface area contributed by atoms with Crippen molar-refractivity contribution in [2.75, 3.05) is 20.2 Å². The van der Waals surface area contributed by atoms with Gasteiger partial charge in [-0.05, 0) is 25.0 Å². The van der Waals surface area contributed by atoms with Crippen LogP contribution in [-0.4, -0.2) is 47.1 Å². The van der Waals surface area contributed by atoms with Crippen LogP contribution < -0.4 is 0 Å². The first-order valence-corrected chi connectivity index (χ1v) is 6.14. The molecule has 102 valence electrons. The monoisotopic (exact) mass is 264 g/mol. The molecule has 0 spiro atoms. The minimum absolute atomic E-state index is 0.0546. The van der Waals surface area contributed by atoms with Gasteiger partial charge in [0.15, 0.2) is 5.69 Å². The van der Waals surface area contributed by atoms with Gasteiger partial charge in [0.1, 0.15) is 5.75 Å². The summed E-state index contributed by atoms with van der Waals surface area (Å²) in [4.78, 5) is 29.0. The number of carbonyl (C=O) groups is 2. The zero-order valence-corrected chi connectivity index (χ0v) is 10.7. The van der Waals surface area contributed by atoms with Gasteiger partial charge >= 0.3 is 5.97 Å². The van der Waals surface area contributed by atoms with E-state index in [1.807, 2.05) is 0 Å². The van der Waals surface area contributed by atoms with E-state index >= 15 is 0 Å². The number of amides is 1. The molecule has 1 saturated heterocycles. The molecule has 0 aromatic carbocycles. The first-order valence-electron chi connectivity index (χ1n) is 6.14. The van der Waals surface area contributed by atoms with E-state index < -0.39 is 0 Å². The number of methoxy groups -OCH3 is 1. The maximum Gasteiger partial charge on any atom is 0.308 e. The molecule has 1 aromatic heterocycles. The van der Waals surface area contributed by atoms with Gasteiger partial charge in [-0.2, -0.15) is 0 Å². The molecule has 2 heterocycles. The zero-order chi connectivity index (χ0) is 13.8. The van der Waals surface area contributed by atoms with Crippen LogP contribution in [0.1, 0.15) is 23.3 Å². The molecule has 0 radical (unpaired) electrons. The molecule has 0 atom stereocenters. The molecule has 0 aliphatic carbocycles. The number of hydrogen-bond donors (Lipinski definition) is 1. The molecular formula is C13H16N2O4. The second kappa shape index (κ2) is 5.69. The molecule has 2 rings (SSSR count). The molecule has 6 nitrogen and oxygen atoms in total. The second-order valence-electron chi connectivity index (χ2n) is 4.46. The number of ether oxygens (including phenoxy) is 1. The fraction of sp³-hybridized carbons (Fsp3) is 0.462. The highest BCUT2D eigenvalue weighted by Crippen LogP contribution is 2.22. The molecule has 0 bridgehead atoms. The number of aromatic hydroxyl groups is 1. The van der Waals surface area contributed by atoms with Crippen LogP contribution in [0.5, 0.6) is 5.75 Å². The van der Waals surface area contributed by atoms with Crippen molar-refractivity contribution < 1.29 is 19.4 Å². The van der Waals surface area contributed by atoms with E-state index in [1.54, 1.807) is 11.0 Å². The summed E-state index contributed by atoms with van der Waals surface area (Å²) in [7, 11) is 1.37. The summed E-state index contributed by atoms with van der Waals surface area (Å²) < 4.78 is 4.69. The van der Waals surface area contributed by atoms with Gasteiger partial charge in [-0.15, -0.1) is 0 Å². The van der Waals surface area contributed by atoms with Crippen molar-refractivity contribution in [3.8, 4) is 5.75 Å². The predicted octanol–water partition coefficient (Wildman–Crippen LogP) is 0.812. The SMILES string of the molecule is COC(=O)C1CCN(C(=O)c2ncccc2O)CC1. The van der Waals surface area contributed by atoms with Gasteiger partial charge in [-0.1, -0.05) is 0 Å². The molecule has 0 saturated carbocycles. The van der Waals surface area contributed by atoms with Crippen LogP contribution >= 0.6 is 0 Å². The van der Waals surface area contributed by atoms with Crippen LogP contribution in [0.3, 0.4) is 0 Å². The minimum Gasteiger partial charge on any atom is -0.505 e. The van der Waals surface area contributed by atoms with Gasteiger partial charge in [0.2, 0.25) is 0 Å². The van der Waals surface area contributed by atoms with Gasteiger partial charge in [0.05, 0.1) is 13.0 Å². The van der Waals surface area contributed by atoms with Crippen LogP contribution in [0.2, 0.25) is 0 Å². The Morgan fingerprint density at radius 1 is 1.42 bits per heavy atom. The Balaban J connectivity index is 2.00. The summed E-state index contributed by atoms with van der Waals surface area (Å²) in [5.74, 6) is -0.803. The van der Waals surface area contributed by atoms with Gasteiger partial charge in [0.25, 0.3) is 5.91 Å². The first kappa shape index (κ1) is 13.3. The number of piperidine rings is 1. The second-order valence-corrected chi connectivity index (χ2v) is 4.46. The quantitative estimate of drug-likeness (QED) is 0.800. The third kappa shape index (κ3) is 2.83. The molecule has 1 aliphatic rings. The number of rotatable bonds is 2. The number of esters is 1. The van der Waals surface area contributed by atoms with Crippen molar-refractivity contribution in [1.82, 2.24) is 9.88 Å². The molecule has 1 fully saturated rings. The average Bonchev–Trinajstić information content (AvgIpc) is 2.46. The molecule has 19 heavy (non-hydrogen) atoms. The lowest BCUT2D eigenvalue weighted by Crippen LogP contribution is -2.40. The standard InChI is InChI=1S/C13H16N2O4/c1-19-13(18)9-4-7-15(8-5-9)12(17)11-10(16)3-2-6-14-11/h2-3,6,9,16H,4-5,7-8H2,1H3. The highest BCUT2D eigenvalue weighted by molar-refractivity contribution is 5.94. The van der Waals surface area contributed by atoms with Crippen LogP contribution in [0.4, 0.5) is 0 Å². The Morgan fingerprint density at radius 3 is 2.68 bits per heavy atom. The van der Waals surface area contributed by atoms with Gasteiger partial charge < -0.3 is 14.7 Å². The minimum atomic E-state index is -0.304. The molecule has 0 unspecified atom stereocenters. The van der Waals surface area contributed by atoms with Crippen molar-refractivity contribution in [2.24, 2.45) is 5.92 Å². The molecule has 1 N–H and O–H groups in total. The van der Waals surface area contributed by atoms with Crippen molar-refractivity contribution in [3.05, 3.63) is 24.0 Å². The van der Waals surface area contributed by atoms with E-state index in [1.165, 1.54) is 19.4 Å². The van der Waals surface area contributed by atoms with Gasteiger partial charge in [-0.3, -0.25) is 9.59 Å². The molecule has 1 amide bonds. The summed E-state index contributed by atoms with van der Waals surface area (Å²) >= 11 is 0. The topological polar surface area (TPSA) is 79.7 Å². The van der Waals surface area contributed by atoms with E-state index in [-0.39, 0.29) is 29.2 Å². The molecule has 1 aromatic rings. The normalized spacial score (nSPS) is 16.2. The number of nitrogens with zero attached hydrogens (tertiary/aromatic N) is 2. The average molecular weight is 264 g/mol. The lowest BCUT2D eigenvalue weighted by molar-refractivity contribution is -0.146. The Labute approximate surface area is 111 Å². The van der Waals surface area contributed by atoms with Crippen molar-refractivity contribution in [3.63, 3.8) is 0 Å². The van der Waals surface area contributed by atoms with Gasteiger partial charge in [0, 0.05) is 19.3 Å². The lowest BCUT2D eigenvalue weighted by Gasteiger charge is -2.30. The fourth-order valence-corrected chi connectivity index (χ4v) is 2.20. The first-order chi connectivity index (χ1) is 9.13. The van der Waals surface area contributed by atoms with E-state index in [4.69, 9.17) is 4.74 Å². The van der Waals surface area contributed by atoms with E-state index in [9.17, 15) is 14.7 Å². The van der Waals surface area contributed by atoms with E-state index in [2.05, 4.69) is 4.98 Å². The molecular weight excluding hydrogens is 248 g/mol. The number of hydrogen-bond acceptors (Lipinski definition) is 5. The van der Waals surface area contributed by atoms with E-state index in [0.717, 1.165) is 0 Å². The zero-order valence-electron chi connectivity index (χ0n) is 10.7. The third-order valence-corrected chi connectivity index (χ3v) is 3.31.